The number of nitrogens with zero attached hydrogens (tertiary/aromatic N) is 1. The lowest BCUT2D eigenvalue weighted by molar-refractivity contribution is -0.166. The summed E-state index contributed by atoms with van der Waals surface area (Å²) in [6.07, 6.45) is 7.38. The van der Waals surface area contributed by atoms with Crippen LogP contribution in [-0.2, 0) is 33.3 Å². The fourth-order valence-corrected chi connectivity index (χ4v) is 5.44. The van der Waals surface area contributed by atoms with Crippen LogP contribution in [0.3, 0.4) is 0 Å². The van der Waals surface area contributed by atoms with Crippen LogP contribution in [0, 0.1) is 5.92 Å². The zero-order valence-corrected chi connectivity index (χ0v) is 25.2. The molecule has 3 aliphatic rings. The van der Waals surface area contributed by atoms with Crippen molar-refractivity contribution in [1.29, 1.82) is 0 Å². The van der Waals surface area contributed by atoms with E-state index in [0.29, 0.717) is 19.6 Å². The molecule has 6 unspecified atom stereocenters. The molecule has 2 heterocycles. The molecule has 4 rings (SSSR count). The van der Waals surface area contributed by atoms with Gasteiger partial charge in [-0.1, -0.05) is 23.8 Å². The predicted octanol–water partition coefficient (Wildman–Crippen LogP) is 3.42. The minimum atomic E-state index is -1.82. The Morgan fingerprint density at radius 2 is 1.76 bits per heavy atom. The third-order valence-corrected chi connectivity index (χ3v) is 7.79. The van der Waals surface area contributed by atoms with Gasteiger partial charge in [-0.3, -0.25) is 0 Å². The fraction of sp³-hybridized carbons (Fsp3) is 0.581. The summed E-state index contributed by atoms with van der Waals surface area (Å²) in [5.41, 5.74) is 1.61. The summed E-state index contributed by atoms with van der Waals surface area (Å²) >= 11 is 0. The van der Waals surface area contributed by atoms with Crippen molar-refractivity contribution in [3.63, 3.8) is 0 Å². The van der Waals surface area contributed by atoms with E-state index in [-0.39, 0.29) is 41.4 Å². The van der Waals surface area contributed by atoms with Crippen molar-refractivity contribution in [1.82, 2.24) is 4.90 Å². The van der Waals surface area contributed by atoms with Crippen LogP contribution in [-0.4, -0.2) is 103 Å². The van der Waals surface area contributed by atoms with Crippen LogP contribution in [0.5, 0.6) is 5.75 Å². The van der Waals surface area contributed by atoms with Crippen LogP contribution in [0.4, 0.5) is 0 Å². The second-order valence-corrected chi connectivity index (χ2v) is 11.5. The monoisotopic (exact) mass is 589 g/mol. The topological polar surface area (TPSA) is 148 Å². The van der Waals surface area contributed by atoms with Gasteiger partial charge >= 0.3 is 17.9 Å². The molecule has 232 valence electrons. The molecular formula is C31H43NO10. The van der Waals surface area contributed by atoms with Gasteiger partial charge in [0.2, 0.25) is 0 Å². The molecule has 0 bridgehead atoms. The van der Waals surface area contributed by atoms with E-state index in [2.05, 4.69) is 31.7 Å². The number of aliphatic carboxylic acids is 2. The van der Waals surface area contributed by atoms with Crippen molar-refractivity contribution >= 4 is 24.0 Å². The van der Waals surface area contributed by atoms with Gasteiger partial charge in [0, 0.05) is 19.7 Å². The maximum absolute atomic E-state index is 12.7. The minimum Gasteiger partial charge on any atom is -0.492 e. The number of ether oxygens (including phenoxy) is 5. The molecular weight excluding hydrogens is 546 g/mol. The number of epoxide rings is 2. The number of esters is 1. The Kier molecular flexibility index (Phi) is 11.3. The first-order valence-electron chi connectivity index (χ1n) is 14.0. The predicted molar refractivity (Wildman–Crippen MR) is 154 cm³/mol. The van der Waals surface area contributed by atoms with Crippen LogP contribution in [0.1, 0.15) is 45.6 Å². The molecule has 2 saturated heterocycles. The number of carboxylic acids is 2. The zero-order valence-electron chi connectivity index (χ0n) is 25.2. The van der Waals surface area contributed by atoms with E-state index in [4.69, 9.17) is 43.5 Å². The van der Waals surface area contributed by atoms with E-state index in [1.54, 1.807) is 13.2 Å². The zero-order chi connectivity index (χ0) is 31.1. The largest absolute Gasteiger partial charge is 0.492 e. The number of methoxy groups -OCH3 is 1. The van der Waals surface area contributed by atoms with Crippen molar-refractivity contribution in [3.05, 3.63) is 47.6 Å². The molecule has 1 saturated carbocycles. The highest BCUT2D eigenvalue weighted by atomic mass is 16.6. The SMILES string of the molecule is COC1C(OC(=O)/C=C/c2ccc(OCCN(C)C)cc2)CCC2(CO2)C1C1(C)OC1CC=C(C)C.O=C(O)C(=O)O. The summed E-state index contributed by atoms with van der Waals surface area (Å²) in [6, 6.07) is 7.67. The third kappa shape index (κ3) is 8.87. The number of carbonyl (C=O) groups is 3. The summed E-state index contributed by atoms with van der Waals surface area (Å²) in [4.78, 5) is 33.0. The van der Waals surface area contributed by atoms with Crippen LogP contribution in [0.2, 0.25) is 0 Å². The lowest BCUT2D eigenvalue weighted by Gasteiger charge is -2.42. The van der Waals surface area contributed by atoms with Crippen LogP contribution in [0.15, 0.2) is 42.0 Å². The standard InChI is InChI=1S/C29H41NO6.C2H2O4/c1-20(2)7-13-24-28(3,36-24)27-26(32-6)23(15-16-29(27)19-34-29)35-25(31)14-10-21-8-11-22(12-9-21)33-18-17-30(4)5;3-1(4)2(5)6/h7-12,14,23-24,26-27H,13,15-19H2,1-6H3;(H,3,4)(H,5,6)/b14-10+;. The summed E-state index contributed by atoms with van der Waals surface area (Å²) in [5, 5.41) is 14.8. The molecule has 2 N–H and O–H groups in total. The molecule has 11 heteroatoms. The summed E-state index contributed by atoms with van der Waals surface area (Å²) in [6.45, 7) is 8.54. The van der Waals surface area contributed by atoms with Crippen molar-refractivity contribution in [2.45, 2.75) is 69.5 Å². The van der Waals surface area contributed by atoms with Gasteiger partial charge in [-0.05, 0) is 77.9 Å². The van der Waals surface area contributed by atoms with Gasteiger partial charge in [0.05, 0.1) is 18.6 Å². The number of rotatable bonds is 11. The Bertz CT molecular complexity index is 1140. The Balaban J connectivity index is 0.000000730. The van der Waals surface area contributed by atoms with Crippen LogP contribution >= 0.6 is 0 Å². The highest BCUT2D eigenvalue weighted by Gasteiger charge is 2.72. The Labute approximate surface area is 247 Å². The van der Waals surface area contributed by atoms with Crippen molar-refractivity contribution in [3.8, 4) is 5.75 Å². The average molecular weight is 590 g/mol. The highest BCUT2D eigenvalue weighted by molar-refractivity contribution is 6.27. The molecule has 0 aromatic heterocycles. The summed E-state index contributed by atoms with van der Waals surface area (Å²) in [7, 11) is 5.72. The molecule has 3 fully saturated rings. The summed E-state index contributed by atoms with van der Waals surface area (Å²) < 4.78 is 29.8. The van der Waals surface area contributed by atoms with Gasteiger partial charge in [0.1, 0.15) is 35.8 Å². The molecule has 11 nitrogen and oxygen atoms in total. The number of likely N-dealkylation sites (N-methyl/N-ethyl adjacent to an activating group) is 1. The lowest BCUT2D eigenvalue weighted by Crippen LogP contribution is -2.55. The first-order chi connectivity index (χ1) is 19.8. The second kappa shape index (κ2) is 14.3. The number of allylic oxidation sites excluding steroid dienone is 1. The maximum Gasteiger partial charge on any atom is 0.414 e. The van der Waals surface area contributed by atoms with Crippen molar-refractivity contribution < 1.29 is 48.3 Å². The van der Waals surface area contributed by atoms with E-state index in [0.717, 1.165) is 30.7 Å². The van der Waals surface area contributed by atoms with Crippen LogP contribution in [0.25, 0.3) is 6.08 Å². The normalized spacial score (nSPS) is 29.4. The molecule has 1 aromatic carbocycles. The van der Waals surface area contributed by atoms with E-state index >= 15 is 0 Å². The fourth-order valence-electron chi connectivity index (χ4n) is 5.44. The van der Waals surface area contributed by atoms with Gasteiger partial charge in [-0.15, -0.1) is 0 Å². The lowest BCUT2D eigenvalue weighted by atomic mass is 9.68. The number of carbonyl (C=O) groups excluding carboxylic acids is 1. The van der Waals surface area contributed by atoms with E-state index in [1.807, 2.05) is 38.4 Å². The molecule has 0 radical (unpaired) electrons. The summed E-state index contributed by atoms with van der Waals surface area (Å²) in [5.74, 6) is -3.20. The van der Waals surface area contributed by atoms with Crippen LogP contribution < -0.4 is 4.74 Å². The van der Waals surface area contributed by atoms with Crippen molar-refractivity contribution in [2.24, 2.45) is 5.92 Å². The first-order valence-corrected chi connectivity index (χ1v) is 14.0. The number of hydrogen-bond donors (Lipinski definition) is 2. The van der Waals surface area contributed by atoms with Gasteiger partial charge in [0.15, 0.2) is 0 Å². The quantitative estimate of drug-likeness (QED) is 0.129. The molecule has 42 heavy (non-hydrogen) atoms. The van der Waals surface area contributed by atoms with E-state index < -0.39 is 11.9 Å². The number of benzene rings is 1. The van der Waals surface area contributed by atoms with Gasteiger partial charge in [-0.25, -0.2) is 14.4 Å². The molecule has 0 amide bonds. The molecule has 1 aromatic rings. The first kappa shape index (κ1) is 33.3. The average Bonchev–Trinajstić information content (AvgIpc) is 3.85. The Hall–Kier alpha value is -3.25. The highest BCUT2D eigenvalue weighted by Crippen LogP contribution is 2.59. The molecule has 1 spiro atoms. The van der Waals surface area contributed by atoms with E-state index in [9.17, 15) is 4.79 Å². The van der Waals surface area contributed by atoms with Gasteiger partial charge in [0.25, 0.3) is 0 Å². The second-order valence-electron chi connectivity index (χ2n) is 11.5. The molecule has 2 aliphatic heterocycles. The van der Waals surface area contributed by atoms with Gasteiger partial charge in [-0.2, -0.15) is 0 Å². The van der Waals surface area contributed by atoms with Crippen molar-refractivity contribution in [2.75, 3.05) is 41.0 Å². The Morgan fingerprint density at radius 1 is 1.12 bits per heavy atom. The van der Waals surface area contributed by atoms with Gasteiger partial charge < -0.3 is 38.8 Å². The number of hydrogen-bond acceptors (Lipinski definition) is 9. The maximum atomic E-state index is 12.7. The Morgan fingerprint density at radius 3 is 2.29 bits per heavy atom. The minimum absolute atomic E-state index is 0.0149. The molecule has 6 atom stereocenters. The third-order valence-electron chi connectivity index (χ3n) is 7.79. The number of carboxylic acid groups (broad SMARTS) is 2. The molecule has 1 aliphatic carbocycles. The van der Waals surface area contributed by atoms with E-state index in [1.165, 1.54) is 11.6 Å². The smallest absolute Gasteiger partial charge is 0.414 e.